The van der Waals surface area contributed by atoms with Crippen molar-refractivity contribution in [2.24, 2.45) is 10.2 Å². The van der Waals surface area contributed by atoms with Gasteiger partial charge in [-0.3, -0.25) is 0 Å². The van der Waals surface area contributed by atoms with Crippen LogP contribution in [0.2, 0.25) is 0 Å². The molecule has 0 amide bonds. The van der Waals surface area contributed by atoms with E-state index in [-0.39, 0.29) is 28.1 Å². The zero-order valence-electron chi connectivity index (χ0n) is 15.9. The van der Waals surface area contributed by atoms with Crippen LogP contribution in [0.4, 0.5) is 11.4 Å². The van der Waals surface area contributed by atoms with Crippen molar-refractivity contribution in [1.29, 1.82) is 0 Å². The van der Waals surface area contributed by atoms with Crippen molar-refractivity contribution in [3.63, 3.8) is 0 Å². The van der Waals surface area contributed by atoms with Gasteiger partial charge in [-0.25, -0.2) is 14.4 Å². The molecule has 0 unspecified atom stereocenters. The number of esters is 2. The van der Waals surface area contributed by atoms with Crippen LogP contribution >= 0.6 is 0 Å². The van der Waals surface area contributed by atoms with Crippen molar-refractivity contribution < 1.29 is 34.1 Å². The minimum absolute atomic E-state index is 0.0195. The Morgan fingerprint density at radius 1 is 0.867 bits per heavy atom. The highest BCUT2D eigenvalue weighted by molar-refractivity contribution is 6.04. The van der Waals surface area contributed by atoms with Gasteiger partial charge in [0.1, 0.15) is 16.9 Å². The van der Waals surface area contributed by atoms with E-state index in [0.29, 0.717) is 10.8 Å². The first-order valence-electron chi connectivity index (χ1n) is 8.57. The Balaban J connectivity index is 2.21. The Morgan fingerprint density at radius 2 is 1.57 bits per heavy atom. The number of methoxy groups -OCH3 is 2. The smallest absolute Gasteiger partial charge is 0.340 e. The highest BCUT2D eigenvalue weighted by atomic mass is 16.5. The van der Waals surface area contributed by atoms with E-state index in [1.54, 1.807) is 24.3 Å². The number of aromatic hydroxyl groups is 1. The van der Waals surface area contributed by atoms with Gasteiger partial charge in [0, 0.05) is 5.39 Å². The third kappa shape index (κ3) is 3.81. The van der Waals surface area contributed by atoms with Gasteiger partial charge < -0.3 is 19.7 Å². The molecular weight excluding hydrogens is 392 g/mol. The molecule has 3 aromatic carbocycles. The number of carbonyl (C=O) groups excluding carboxylic acids is 2. The summed E-state index contributed by atoms with van der Waals surface area (Å²) in [4.78, 5) is 35.4. The molecule has 9 nitrogen and oxygen atoms in total. The molecule has 0 spiro atoms. The first-order valence-corrected chi connectivity index (χ1v) is 8.57. The second kappa shape index (κ2) is 8.39. The number of nitrogens with zero attached hydrogens (tertiary/aromatic N) is 2. The molecule has 0 aromatic heterocycles. The van der Waals surface area contributed by atoms with Crippen molar-refractivity contribution in [1.82, 2.24) is 0 Å². The minimum atomic E-state index is -1.34. The Labute approximate surface area is 170 Å². The van der Waals surface area contributed by atoms with Crippen LogP contribution in [0, 0.1) is 0 Å². The number of benzene rings is 3. The number of carboxylic acids is 1. The largest absolute Gasteiger partial charge is 0.505 e. The molecule has 3 rings (SSSR count). The summed E-state index contributed by atoms with van der Waals surface area (Å²) in [5.74, 6) is -3.27. The number of rotatable bonds is 5. The summed E-state index contributed by atoms with van der Waals surface area (Å²) in [6.07, 6.45) is 0. The molecule has 0 heterocycles. The van der Waals surface area contributed by atoms with Crippen LogP contribution in [0.15, 0.2) is 58.8 Å². The van der Waals surface area contributed by atoms with Gasteiger partial charge in [0.15, 0.2) is 5.75 Å². The van der Waals surface area contributed by atoms with Gasteiger partial charge >= 0.3 is 17.9 Å². The molecule has 2 N–H and O–H groups in total. The second-order valence-electron chi connectivity index (χ2n) is 6.06. The third-order valence-electron chi connectivity index (χ3n) is 4.31. The fourth-order valence-corrected chi connectivity index (χ4v) is 2.83. The monoisotopic (exact) mass is 408 g/mol. The molecule has 3 aromatic rings. The van der Waals surface area contributed by atoms with Crippen LogP contribution in [0.3, 0.4) is 0 Å². The normalized spacial score (nSPS) is 10.9. The van der Waals surface area contributed by atoms with Crippen LogP contribution in [-0.4, -0.2) is 42.3 Å². The van der Waals surface area contributed by atoms with Crippen LogP contribution in [0.25, 0.3) is 10.8 Å². The maximum atomic E-state index is 12.1. The van der Waals surface area contributed by atoms with E-state index in [1.165, 1.54) is 38.5 Å². The predicted octanol–water partition coefficient (Wildman–Crippen LogP) is 4.23. The second-order valence-corrected chi connectivity index (χ2v) is 6.06. The first kappa shape index (κ1) is 20.5. The summed E-state index contributed by atoms with van der Waals surface area (Å²) in [7, 11) is 2.40. The van der Waals surface area contributed by atoms with E-state index in [9.17, 15) is 24.6 Å². The van der Waals surface area contributed by atoms with Gasteiger partial charge in [-0.2, -0.15) is 0 Å². The number of hydrogen-bond acceptors (Lipinski definition) is 8. The van der Waals surface area contributed by atoms with Crippen molar-refractivity contribution >= 4 is 40.1 Å². The van der Waals surface area contributed by atoms with Crippen molar-refractivity contribution in [2.45, 2.75) is 0 Å². The zero-order valence-corrected chi connectivity index (χ0v) is 15.9. The number of hydrogen-bond donors (Lipinski definition) is 2. The Morgan fingerprint density at radius 3 is 2.23 bits per heavy atom. The average Bonchev–Trinajstić information content (AvgIpc) is 2.76. The predicted molar refractivity (Wildman–Crippen MR) is 106 cm³/mol. The molecule has 0 fully saturated rings. The van der Waals surface area contributed by atoms with Crippen LogP contribution in [0.5, 0.6) is 5.75 Å². The van der Waals surface area contributed by atoms with E-state index in [0.717, 1.165) is 0 Å². The third-order valence-corrected chi connectivity index (χ3v) is 4.31. The van der Waals surface area contributed by atoms with Gasteiger partial charge in [0.05, 0.1) is 25.3 Å². The SMILES string of the molecule is COC(=O)c1ccc(C(=O)OC)c(/N=N/c2c(O)c(C(=O)O)cc3ccccc23)c1. The molecule has 0 radical (unpaired) electrons. The Bertz CT molecular complexity index is 1200. The fourth-order valence-electron chi connectivity index (χ4n) is 2.83. The fraction of sp³-hybridized carbons (Fsp3) is 0.0952. The lowest BCUT2D eigenvalue weighted by atomic mass is 10.0. The molecule has 152 valence electrons. The van der Waals surface area contributed by atoms with E-state index in [4.69, 9.17) is 4.74 Å². The number of azo groups is 1. The van der Waals surface area contributed by atoms with E-state index in [2.05, 4.69) is 15.0 Å². The highest BCUT2D eigenvalue weighted by Crippen LogP contribution is 2.39. The van der Waals surface area contributed by atoms with Crippen LogP contribution in [-0.2, 0) is 9.47 Å². The molecule has 0 saturated heterocycles. The maximum Gasteiger partial charge on any atom is 0.340 e. The lowest BCUT2D eigenvalue weighted by Gasteiger charge is -2.08. The van der Waals surface area contributed by atoms with Crippen LogP contribution < -0.4 is 0 Å². The van der Waals surface area contributed by atoms with Crippen molar-refractivity contribution in [3.8, 4) is 5.75 Å². The molecule has 0 aliphatic carbocycles. The number of fused-ring (bicyclic) bond motifs is 1. The van der Waals surface area contributed by atoms with Crippen molar-refractivity contribution in [3.05, 3.63) is 65.2 Å². The van der Waals surface area contributed by atoms with Gasteiger partial charge in [0.25, 0.3) is 0 Å². The molecule has 0 bridgehead atoms. The number of aromatic carboxylic acids is 1. The minimum Gasteiger partial charge on any atom is -0.505 e. The summed E-state index contributed by atoms with van der Waals surface area (Å²) < 4.78 is 9.38. The van der Waals surface area contributed by atoms with E-state index < -0.39 is 23.7 Å². The average molecular weight is 408 g/mol. The Kier molecular flexibility index (Phi) is 5.73. The molecule has 9 heteroatoms. The Hall–Kier alpha value is -4.27. The first-order chi connectivity index (χ1) is 14.4. The molecular formula is C21H16N2O7. The summed E-state index contributed by atoms with van der Waals surface area (Å²) in [6.45, 7) is 0. The molecule has 0 saturated carbocycles. The summed E-state index contributed by atoms with van der Waals surface area (Å²) >= 11 is 0. The van der Waals surface area contributed by atoms with Gasteiger partial charge in [-0.05, 0) is 29.7 Å². The molecule has 0 atom stereocenters. The number of carboxylic acid groups (broad SMARTS) is 1. The van der Waals surface area contributed by atoms with Gasteiger partial charge in [0.2, 0.25) is 0 Å². The highest BCUT2D eigenvalue weighted by Gasteiger charge is 2.19. The lowest BCUT2D eigenvalue weighted by molar-refractivity contribution is 0.0587. The number of carbonyl (C=O) groups is 3. The summed E-state index contributed by atoms with van der Waals surface area (Å²) in [5.41, 5.74) is -0.322. The molecule has 0 aliphatic heterocycles. The van der Waals surface area contributed by atoms with Crippen molar-refractivity contribution in [2.75, 3.05) is 14.2 Å². The van der Waals surface area contributed by atoms with Crippen LogP contribution in [0.1, 0.15) is 31.1 Å². The summed E-state index contributed by atoms with van der Waals surface area (Å²) in [5, 5.41) is 28.8. The number of ether oxygens (including phenoxy) is 2. The number of phenols is 1. The molecule has 0 aliphatic rings. The quantitative estimate of drug-likeness (QED) is 0.476. The summed E-state index contributed by atoms with van der Waals surface area (Å²) in [6, 6.07) is 12.0. The van der Waals surface area contributed by atoms with E-state index in [1.807, 2.05) is 0 Å². The standard InChI is InChI=1S/C21H16N2O7/c1-29-20(27)12-7-8-14(21(28)30-2)16(10-12)22-23-17-13-6-4-3-5-11(13)9-15(18(17)24)19(25)26/h3-10,24H,1-2H3,(H,25,26)/b23-22+. The van der Waals surface area contributed by atoms with Gasteiger partial charge in [-0.15, -0.1) is 10.2 Å². The topological polar surface area (TPSA) is 135 Å². The van der Waals surface area contributed by atoms with Gasteiger partial charge in [-0.1, -0.05) is 24.3 Å². The lowest BCUT2D eigenvalue weighted by Crippen LogP contribution is -2.05. The zero-order chi connectivity index (χ0) is 21.8. The van der Waals surface area contributed by atoms with E-state index >= 15 is 0 Å². The maximum absolute atomic E-state index is 12.1. The molecule has 30 heavy (non-hydrogen) atoms.